The molecule has 0 spiro atoms. The molecular formula is C25H30N4O4S. The van der Waals surface area contributed by atoms with Crippen LogP contribution in [0.1, 0.15) is 42.4 Å². The van der Waals surface area contributed by atoms with Crippen LogP contribution < -0.4 is 5.32 Å². The summed E-state index contributed by atoms with van der Waals surface area (Å²) in [6.07, 6.45) is 3.16. The smallest absolute Gasteiger partial charge is 0.308 e. The number of sulfone groups is 1. The predicted octanol–water partition coefficient (Wildman–Crippen LogP) is 3.56. The summed E-state index contributed by atoms with van der Waals surface area (Å²) in [6.45, 7) is 5.28. The fourth-order valence-electron chi connectivity index (χ4n) is 4.14. The maximum Gasteiger partial charge on any atom is 0.308 e. The molecule has 34 heavy (non-hydrogen) atoms. The van der Waals surface area contributed by atoms with E-state index in [1.807, 2.05) is 6.07 Å². The molecule has 3 aromatic rings. The zero-order chi connectivity index (χ0) is 24.0. The monoisotopic (exact) mass is 482 g/mol. The Morgan fingerprint density at radius 1 is 1.06 bits per heavy atom. The molecule has 1 fully saturated rings. The molecule has 0 atom stereocenters. The van der Waals surface area contributed by atoms with Gasteiger partial charge in [-0.25, -0.2) is 8.42 Å². The lowest BCUT2D eigenvalue weighted by Crippen LogP contribution is -2.34. The summed E-state index contributed by atoms with van der Waals surface area (Å²) in [5.41, 5.74) is 1.90. The lowest BCUT2D eigenvalue weighted by molar-refractivity contribution is 0.0913. The second-order valence-electron chi connectivity index (χ2n) is 8.59. The Labute approximate surface area is 200 Å². The SMILES string of the molecule is CCS(=O)(=O)c1ccc(-c2nnc(C(=O)NCCC3CCN(Cc4ccccc4)CC3)o2)cc1. The molecule has 8 nitrogen and oxygen atoms in total. The van der Waals surface area contributed by atoms with Crippen molar-refractivity contribution in [3.05, 3.63) is 66.1 Å². The fourth-order valence-corrected chi connectivity index (χ4v) is 5.03. The average molecular weight is 483 g/mol. The number of amides is 1. The standard InChI is InChI=1S/C25H30N4O4S/c1-2-34(31,32)22-10-8-21(9-11-22)24-27-28-25(33-24)23(30)26-15-12-19-13-16-29(17-14-19)18-20-6-4-3-5-7-20/h3-11,19H,2,12-18H2,1H3,(H,26,30). The van der Waals surface area contributed by atoms with Crippen LogP contribution in [-0.2, 0) is 16.4 Å². The van der Waals surface area contributed by atoms with Crippen molar-refractivity contribution in [1.82, 2.24) is 20.4 Å². The van der Waals surface area contributed by atoms with Crippen LogP contribution in [0.2, 0.25) is 0 Å². The molecule has 1 aromatic heterocycles. The number of hydrogen-bond acceptors (Lipinski definition) is 7. The van der Waals surface area contributed by atoms with E-state index in [9.17, 15) is 13.2 Å². The molecular weight excluding hydrogens is 452 g/mol. The minimum atomic E-state index is -3.28. The van der Waals surface area contributed by atoms with Crippen LogP contribution in [0.4, 0.5) is 0 Å². The van der Waals surface area contributed by atoms with E-state index in [1.54, 1.807) is 19.1 Å². The molecule has 1 N–H and O–H groups in total. The van der Waals surface area contributed by atoms with Crippen molar-refractivity contribution in [3.8, 4) is 11.5 Å². The Hall–Kier alpha value is -3.04. The molecule has 0 bridgehead atoms. The lowest BCUT2D eigenvalue weighted by Gasteiger charge is -2.32. The first-order chi connectivity index (χ1) is 16.4. The Morgan fingerprint density at radius 3 is 2.44 bits per heavy atom. The Morgan fingerprint density at radius 2 is 1.76 bits per heavy atom. The van der Waals surface area contributed by atoms with E-state index in [4.69, 9.17) is 4.42 Å². The Kier molecular flexibility index (Phi) is 7.74. The van der Waals surface area contributed by atoms with Gasteiger partial charge in [0, 0.05) is 18.7 Å². The van der Waals surface area contributed by atoms with Gasteiger partial charge in [-0.05, 0) is 68.1 Å². The maximum atomic E-state index is 12.4. The van der Waals surface area contributed by atoms with Crippen LogP contribution in [0.15, 0.2) is 63.9 Å². The number of rotatable bonds is 9. The van der Waals surface area contributed by atoms with E-state index < -0.39 is 15.7 Å². The molecule has 1 aliphatic rings. The molecule has 2 aromatic carbocycles. The third-order valence-electron chi connectivity index (χ3n) is 6.25. The van der Waals surface area contributed by atoms with E-state index in [0.717, 1.165) is 38.9 Å². The summed E-state index contributed by atoms with van der Waals surface area (Å²) in [5, 5.41) is 10.6. The third-order valence-corrected chi connectivity index (χ3v) is 8.00. The Bertz CT molecular complexity index is 1190. The van der Waals surface area contributed by atoms with Gasteiger partial charge in [0.1, 0.15) is 0 Å². The first kappa shape index (κ1) is 24.1. The Balaban J connectivity index is 1.22. The van der Waals surface area contributed by atoms with Crippen LogP contribution >= 0.6 is 0 Å². The van der Waals surface area contributed by atoms with Crippen LogP contribution in [0.25, 0.3) is 11.5 Å². The second kappa shape index (κ2) is 10.9. The summed E-state index contributed by atoms with van der Waals surface area (Å²) in [5.74, 6) is 0.299. The molecule has 180 valence electrons. The number of piperidine rings is 1. The van der Waals surface area contributed by atoms with Gasteiger partial charge in [-0.1, -0.05) is 37.3 Å². The van der Waals surface area contributed by atoms with Crippen LogP contribution in [-0.4, -0.2) is 54.8 Å². The lowest BCUT2D eigenvalue weighted by atomic mass is 9.93. The van der Waals surface area contributed by atoms with Crippen LogP contribution in [0.5, 0.6) is 0 Å². The van der Waals surface area contributed by atoms with Crippen molar-refractivity contribution in [2.24, 2.45) is 5.92 Å². The number of hydrogen-bond donors (Lipinski definition) is 1. The highest BCUT2D eigenvalue weighted by Gasteiger charge is 2.21. The minimum Gasteiger partial charge on any atom is -0.412 e. The van der Waals surface area contributed by atoms with Gasteiger partial charge in [0.2, 0.25) is 5.89 Å². The molecule has 1 aliphatic heterocycles. The first-order valence-electron chi connectivity index (χ1n) is 11.7. The third kappa shape index (κ3) is 6.09. The highest BCUT2D eigenvalue weighted by Crippen LogP contribution is 2.22. The van der Waals surface area contributed by atoms with E-state index in [1.165, 1.54) is 17.7 Å². The van der Waals surface area contributed by atoms with Crippen molar-refractivity contribution < 1.29 is 17.6 Å². The molecule has 1 saturated heterocycles. The molecule has 0 unspecified atom stereocenters. The van der Waals surface area contributed by atoms with Crippen molar-refractivity contribution in [2.45, 2.75) is 37.6 Å². The van der Waals surface area contributed by atoms with Gasteiger partial charge in [-0.3, -0.25) is 9.69 Å². The number of nitrogens with zero attached hydrogens (tertiary/aromatic N) is 3. The highest BCUT2D eigenvalue weighted by atomic mass is 32.2. The zero-order valence-corrected chi connectivity index (χ0v) is 20.1. The predicted molar refractivity (Wildman–Crippen MR) is 129 cm³/mol. The zero-order valence-electron chi connectivity index (χ0n) is 19.3. The summed E-state index contributed by atoms with van der Waals surface area (Å²) in [7, 11) is -3.28. The van der Waals surface area contributed by atoms with Crippen molar-refractivity contribution in [3.63, 3.8) is 0 Å². The molecule has 0 radical (unpaired) electrons. The summed E-state index contributed by atoms with van der Waals surface area (Å²) in [6, 6.07) is 16.7. The maximum absolute atomic E-state index is 12.4. The van der Waals surface area contributed by atoms with Crippen LogP contribution in [0, 0.1) is 5.92 Å². The number of nitrogens with one attached hydrogen (secondary N) is 1. The summed E-state index contributed by atoms with van der Waals surface area (Å²) < 4.78 is 29.4. The van der Waals surface area contributed by atoms with Crippen LogP contribution in [0.3, 0.4) is 0 Å². The number of carbonyl (C=O) groups is 1. The topological polar surface area (TPSA) is 105 Å². The van der Waals surface area contributed by atoms with Crippen molar-refractivity contribution >= 4 is 15.7 Å². The average Bonchev–Trinajstić information content (AvgIpc) is 3.36. The van der Waals surface area contributed by atoms with Crippen molar-refractivity contribution in [2.75, 3.05) is 25.4 Å². The number of aromatic nitrogens is 2. The molecule has 1 amide bonds. The van der Waals surface area contributed by atoms with Gasteiger partial charge >= 0.3 is 11.8 Å². The van der Waals surface area contributed by atoms with E-state index in [2.05, 4.69) is 44.7 Å². The van der Waals surface area contributed by atoms with Gasteiger partial charge in [-0.15, -0.1) is 10.2 Å². The second-order valence-corrected chi connectivity index (χ2v) is 10.9. The molecule has 0 saturated carbocycles. The number of carbonyl (C=O) groups excluding carboxylic acids is 1. The van der Waals surface area contributed by atoms with E-state index in [0.29, 0.717) is 18.0 Å². The number of benzene rings is 2. The minimum absolute atomic E-state index is 0.0318. The van der Waals surface area contributed by atoms with Gasteiger partial charge in [0.05, 0.1) is 10.6 Å². The van der Waals surface area contributed by atoms with Gasteiger partial charge < -0.3 is 9.73 Å². The normalized spacial score (nSPS) is 15.3. The molecule has 0 aliphatic carbocycles. The first-order valence-corrected chi connectivity index (χ1v) is 13.3. The fraction of sp³-hybridized carbons (Fsp3) is 0.400. The largest absolute Gasteiger partial charge is 0.412 e. The molecule has 9 heteroatoms. The highest BCUT2D eigenvalue weighted by molar-refractivity contribution is 7.91. The summed E-state index contributed by atoms with van der Waals surface area (Å²) >= 11 is 0. The van der Waals surface area contributed by atoms with Crippen molar-refractivity contribution in [1.29, 1.82) is 0 Å². The number of likely N-dealkylation sites (tertiary alicyclic amines) is 1. The van der Waals surface area contributed by atoms with E-state index >= 15 is 0 Å². The summed E-state index contributed by atoms with van der Waals surface area (Å²) in [4.78, 5) is 15.1. The molecule has 2 heterocycles. The van der Waals surface area contributed by atoms with Gasteiger partial charge in [0.25, 0.3) is 0 Å². The molecule has 4 rings (SSSR count). The van der Waals surface area contributed by atoms with E-state index in [-0.39, 0.29) is 22.4 Å². The van der Waals surface area contributed by atoms with Gasteiger partial charge in [-0.2, -0.15) is 0 Å². The quantitative estimate of drug-likeness (QED) is 0.497. The van der Waals surface area contributed by atoms with Gasteiger partial charge in [0.15, 0.2) is 9.84 Å².